The Bertz CT molecular complexity index is 382. The molecule has 72 valence electrons. The van der Waals surface area contributed by atoms with E-state index >= 15 is 0 Å². The Balaban J connectivity index is 2.14. The number of nitrogens with zero attached hydrogens (tertiary/aromatic N) is 2. The van der Waals surface area contributed by atoms with Crippen LogP contribution in [0.3, 0.4) is 0 Å². The molecule has 14 heavy (non-hydrogen) atoms. The molecule has 0 N–H and O–H groups in total. The molecule has 2 rings (SSSR count). The molecule has 3 nitrogen and oxygen atoms in total. The van der Waals surface area contributed by atoms with Crippen LogP contribution in [0.4, 0.5) is 4.39 Å². The maximum Gasteiger partial charge on any atom is 0.214 e. The van der Waals surface area contributed by atoms with Crippen LogP contribution in [-0.4, -0.2) is 11.1 Å². The second-order valence-corrected chi connectivity index (χ2v) is 3.26. The summed E-state index contributed by atoms with van der Waals surface area (Å²) in [5, 5.41) is 8.54. The number of halogens is 1. The van der Waals surface area contributed by atoms with E-state index in [0.717, 1.165) is 19.3 Å². The van der Waals surface area contributed by atoms with Crippen molar-refractivity contribution in [3.8, 4) is 11.9 Å². The normalized spacial score (nSPS) is 15.7. The molecule has 1 aliphatic rings. The highest BCUT2D eigenvalue weighted by atomic mass is 19.1. The van der Waals surface area contributed by atoms with Crippen molar-refractivity contribution in [1.82, 2.24) is 4.98 Å². The zero-order valence-electron chi connectivity index (χ0n) is 7.53. The van der Waals surface area contributed by atoms with E-state index in [1.54, 1.807) is 6.07 Å². The number of pyridine rings is 1. The minimum absolute atomic E-state index is 0.194. The maximum atomic E-state index is 12.9. The minimum Gasteiger partial charge on any atom is -0.474 e. The van der Waals surface area contributed by atoms with Gasteiger partial charge in [-0.1, -0.05) is 0 Å². The summed E-state index contributed by atoms with van der Waals surface area (Å²) in [6, 6.07) is 4.34. The smallest absolute Gasteiger partial charge is 0.214 e. The standard InChI is InChI=1S/C10H9FN2O/c11-8-4-5-10(13-9(8)6-12)14-7-2-1-3-7/h4-5,7H,1-3H2. The van der Waals surface area contributed by atoms with E-state index in [0.29, 0.717) is 5.88 Å². The van der Waals surface area contributed by atoms with Crippen molar-refractivity contribution >= 4 is 0 Å². The zero-order valence-corrected chi connectivity index (χ0v) is 7.53. The van der Waals surface area contributed by atoms with E-state index in [9.17, 15) is 4.39 Å². The molecule has 0 aromatic carbocycles. The zero-order chi connectivity index (χ0) is 9.97. The van der Waals surface area contributed by atoms with Gasteiger partial charge in [0.1, 0.15) is 12.2 Å². The molecule has 1 aliphatic carbocycles. The van der Waals surface area contributed by atoms with Gasteiger partial charge in [-0.25, -0.2) is 4.39 Å². The van der Waals surface area contributed by atoms with Crippen LogP contribution in [0.25, 0.3) is 0 Å². The summed E-state index contributed by atoms with van der Waals surface area (Å²) < 4.78 is 18.3. The van der Waals surface area contributed by atoms with Crippen molar-refractivity contribution in [1.29, 1.82) is 5.26 Å². The average Bonchev–Trinajstić information content (AvgIpc) is 2.14. The lowest BCUT2D eigenvalue weighted by Gasteiger charge is -2.25. The van der Waals surface area contributed by atoms with Gasteiger partial charge in [-0.15, -0.1) is 0 Å². The summed E-state index contributed by atoms with van der Waals surface area (Å²) >= 11 is 0. The molecule has 1 heterocycles. The largest absolute Gasteiger partial charge is 0.474 e. The molecule has 0 bridgehead atoms. The number of ether oxygens (including phenoxy) is 1. The highest BCUT2D eigenvalue weighted by Crippen LogP contribution is 2.24. The van der Waals surface area contributed by atoms with E-state index in [4.69, 9.17) is 10.00 Å². The summed E-state index contributed by atoms with van der Waals surface area (Å²) in [6.07, 6.45) is 3.39. The predicted octanol–water partition coefficient (Wildman–Crippen LogP) is 2.02. The summed E-state index contributed by atoms with van der Waals surface area (Å²) in [5.41, 5.74) is -0.207. The predicted molar refractivity (Wildman–Crippen MR) is 47.2 cm³/mol. The van der Waals surface area contributed by atoms with Crippen molar-refractivity contribution in [3.63, 3.8) is 0 Å². The van der Waals surface area contributed by atoms with Crippen LogP contribution in [0, 0.1) is 17.1 Å². The van der Waals surface area contributed by atoms with Crippen LogP contribution in [0.15, 0.2) is 12.1 Å². The van der Waals surface area contributed by atoms with Gasteiger partial charge in [0.25, 0.3) is 0 Å². The molecule has 1 fully saturated rings. The lowest BCUT2D eigenvalue weighted by molar-refractivity contribution is 0.114. The number of rotatable bonds is 2. The second-order valence-electron chi connectivity index (χ2n) is 3.26. The first kappa shape index (κ1) is 8.95. The first-order valence-corrected chi connectivity index (χ1v) is 4.53. The Labute approximate surface area is 81.1 Å². The number of aromatic nitrogens is 1. The monoisotopic (exact) mass is 192 g/mol. The van der Waals surface area contributed by atoms with E-state index in [1.807, 2.05) is 0 Å². The Morgan fingerprint density at radius 3 is 2.86 bits per heavy atom. The van der Waals surface area contributed by atoms with Crippen LogP contribution in [0.5, 0.6) is 5.88 Å². The van der Waals surface area contributed by atoms with Crippen molar-refractivity contribution < 1.29 is 9.13 Å². The molecule has 1 saturated carbocycles. The molecule has 1 aromatic heterocycles. The van der Waals surface area contributed by atoms with Gasteiger partial charge in [0.15, 0.2) is 11.5 Å². The summed E-state index contributed by atoms with van der Waals surface area (Å²) in [7, 11) is 0. The number of hydrogen-bond donors (Lipinski definition) is 0. The summed E-state index contributed by atoms with van der Waals surface area (Å²) in [5.74, 6) is -0.263. The van der Waals surface area contributed by atoms with Gasteiger partial charge in [0.05, 0.1) is 0 Å². The van der Waals surface area contributed by atoms with Crippen LogP contribution < -0.4 is 4.74 Å². The van der Waals surface area contributed by atoms with Gasteiger partial charge in [-0.05, 0) is 25.3 Å². The van der Waals surface area contributed by atoms with Gasteiger partial charge in [0.2, 0.25) is 5.88 Å². The highest BCUT2D eigenvalue weighted by Gasteiger charge is 2.20. The SMILES string of the molecule is N#Cc1nc(OC2CCC2)ccc1F. The van der Waals surface area contributed by atoms with Crippen molar-refractivity contribution in [3.05, 3.63) is 23.6 Å². The van der Waals surface area contributed by atoms with E-state index < -0.39 is 5.82 Å². The number of nitriles is 1. The van der Waals surface area contributed by atoms with Gasteiger partial charge in [-0.2, -0.15) is 10.2 Å². The second kappa shape index (κ2) is 3.62. The Hall–Kier alpha value is -1.63. The topological polar surface area (TPSA) is 45.9 Å². The summed E-state index contributed by atoms with van der Waals surface area (Å²) in [4.78, 5) is 3.75. The van der Waals surface area contributed by atoms with Crippen molar-refractivity contribution in [2.24, 2.45) is 0 Å². The van der Waals surface area contributed by atoms with Gasteiger partial charge in [-0.3, -0.25) is 0 Å². The van der Waals surface area contributed by atoms with E-state index in [1.165, 1.54) is 12.1 Å². The Kier molecular flexibility index (Phi) is 2.32. The average molecular weight is 192 g/mol. The molecule has 1 aromatic rings. The van der Waals surface area contributed by atoms with Gasteiger partial charge < -0.3 is 4.74 Å². The van der Waals surface area contributed by atoms with Gasteiger partial charge in [0, 0.05) is 6.07 Å². The molecule has 0 spiro atoms. The lowest BCUT2D eigenvalue weighted by atomic mass is 9.96. The molecule has 0 atom stereocenters. The summed E-state index contributed by atoms with van der Waals surface area (Å²) in [6.45, 7) is 0. The fourth-order valence-corrected chi connectivity index (χ4v) is 1.23. The van der Waals surface area contributed by atoms with Gasteiger partial charge >= 0.3 is 0 Å². The quantitative estimate of drug-likeness (QED) is 0.720. The third kappa shape index (κ3) is 1.67. The van der Waals surface area contributed by atoms with E-state index in [2.05, 4.69) is 4.98 Å². The molecule has 0 amide bonds. The van der Waals surface area contributed by atoms with Crippen LogP contribution in [0.1, 0.15) is 25.0 Å². The minimum atomic E-state index is -0.603. The van der Waals surface area contributed by atoms with Crippen LogP contribution in [-0.2, 0) is 0 Å². The maximum absolute atomic E-state index is 12.9. The van der Waals surface area contributed by atoms with Crippen LogP contribution in [0.2, 0.25) is 0 Å². The molecular formula is C10H9FN2O. The fraction of sp³-hybridized carbons (Fsp3) is 0.400. The third-order valence-corrected chi connectivity index (χ3v) is 2.27. The molecule has 0 radical (unpaired) electrons. The third-order valence-electron chi connectivity index (χ3n) is 2.27. The Morgan fingerprint density at radius 1 is 1.50 bits per heavy atom. The molecule has 0 unspecified atom stereocenters. The lowest BCUT2D eigenvalue weighted by Crippen LogP contribution is -2.25. The van der Waals surface area contributed by atoms with Crippen molar-refractivity contribution in [2.45, 2.75) is 25.4 Å². The molecule has 0 aliphatic heterocycles. The first-order chi connectivity index (χ1) is 6.79. The Morgan fingerprint density at radius 2 is 2.29 bits per heavy atom. The van der Waals surface area contributed by atoms with Crippen molar-refractivity contribution in [2.75, 3.05) is 0 Å². The molecule has 0 saturated heterocycles. The fourth-order valence-electron chi connectivity index (χ4n) is 1.23. The first-order valence-electron chi connectivity index (χ1n) is 4.53. The molecule has 4 heteroatoms. The van der Waals surface area contributed by atoms with Crippen LogP contribution >= 0.6 is 0 Å². The molecular weight excluding hydrogens is 183 g/mol. The number of hydrogen-bond acceptors (Lipinski definition) is 3. The van der Waals surface area contributed by atoms with E-state index in [-0.39, 0.29) is 11.8 Å². The highest BCUT2D eigenvalue weighted by molar-refractivity contribution is 5.26.